The lowest BCUT2D eigenvalue weighted by atomic mass is 9.84. The first-order valence-electron chi connectivity index (χ1n) is 8.14. The molecule has 2 rings (SSSR count). The fourth-order valence-electron chi connectivity index (χ4n) is 2.90. The molecule has 0 bridgehead atoms. The van der Waals surface area contributed by atoms with E-state index in [1.807, 2.05) is 6.07 Å². The molecule has 0 atom stereocenters. The highest BCUT2D eigenvalue weighted by atomic mass is 35.5. The average Bonchev–Trinajstić information content (AvgIpc) is 2.42. The zero-order valence-electron chi connectivity index (χ0n) is 14.7. The molecule has 0 heterocycles. The van der Waals surface area contributed by atoms with E-state index in [1.54, 1.807) is 0 Å². The third kappa shape index (κ3) is 3.55. The Kier molecular flexibility index (Phi) is 5.02. The van der Waals surface area contributed by atoms with Crippen molar-refractivity contribution in [2.75, 3.05) is 0 Å². The highest BCUT2D eigenvalue weighted by molar-refractivity contribution is 6.33. The molecule has 0 radical (unpaired) electrons. The highest BCUT2D eigenvalue weighted by Gasteiger charge is 2.17. The van der Waals surface area contributed by atoms with Crippen molar-refractivity contribution in [2.45, 2.75) is 59.8 Å². The third-order valence-electron chi connectivity index (χ3n) is 4.32. The molecule has 0 fully saturated rings. The van der Waals surface area contributed by atoms with Gasteiger partial charge < -0.3 is 0 Å². The van der Waals surface area contributed by atoms with Crippen LogP contribution in [0.2, 0.25) is 5.02 Å². The molecule has 2 aromatic rings. The Morgan fingerprint density at radius 2 is 1.59 bits per heavy atom. The molecule has 0 saturated carbocycles. The molecule has 0 aliphatic carbocycles. The van der Waals surface area contributed by atoms with Gasteiger partial charge in [0.05, 0.1) is 0 Å². The maximum atomic E-state index is 6.51. The van der Waals surface area contributed by atoms with Gasteiger partial charge in [-0.1, -0.05) is 63.9 Å². The Labute approximate surface area is 140 Å². The Hall–Kier alpha value is -1.27. The van der Waals surface area contributed by atoms with Crippen LogP contribution in [0.4, 0.5) is 0 Å². The Morgan fingerprint density at radius 3 is 2.18 bits per heavy atom. The molecule has 0 nitrogen and oxygen atoms in total. The van der Waals surface area contributed by atoms with Crippen LogP contribution in [-0.2, 0) is 11.8 Å². The molecule has 1 heteroatoms. The van der Waals surface area contributed by atoms with Gasteiger partial charge in [-0.2, -0.15) is 0 Å². The molecule has 0 unspecified atom stereocenters. The summed E-state index contributed by atoms with van der Waals surface area (Å²) in [5.41, 5.74) is 7.98. The van der Waals surface area contributed by atoms with Crippen molar-refractivity contribution in [3.63, 3.8) is 0 Å². The monoisotopic (exact) mass is 314 g/mol. The van der Waals surface area contributed by atoms with Crippen LogP contribution in [-0.4, -0.2) is 0 Å². The van der Waals surface area contributed by atoms with Gasteiger partial charge >= 0.3 is 0 Å². The molecule has 0 aliphatic heterocycles. The Morgan fingerprint density at radius 1 is 0.909 bits per heavy atom. The van der Waals surface area contributed by atoms with Gasteiger partial charge in [-0.25, -0.2) is 0 Å². The molecular weight excluding hydrogens is 288 g/mol. The molecule has 2 aromatic carbocycles. The zero-order chi connectivity index (χ0) is 16.5. The van der Waals surface area contributed by atoms with Crippen LogP contribution in [0, 0.1) is 13.8 Å². The van der Waals surface area contributed by atoms with E-state index in [-0.39, 0.29) is 5.41 Å². The summed E-state index contributed by atoms with van der Waals surface area (Å²) in [6.45, 7) is 13.3. The number of benzene rings is 2. The van der Waals surface area contributed by atoms with Crippen molar-refractivity contribution in [3.8, 4) is 11.1 Å². The van der Waals surface area contributed by atoms with Gasteiger partial charge in [0.2, 0.25) is 0 Å². The van der Waals surface area contributed by atoms with Crippen LogP contribution in [0.1, 0.15) is 56.4 Å². The van der Waals surface area contributed by atoms with Crippen LogP contribution in [0.5, 0.6) is 0 Å². The smallest absolute Gasteiger partial charge is 0.0484 e. The zero-order valence-corrected chi connectivity index (χ0v) is 15.4. The molecule has 22 heavy (non-hydrogen) atoms. The summed E-state index contributed by atoms with van der Waals surface area (Å²) in [5, 5.41) is 0.832. The van der Waals surface area contributed by atoms with Crippen molar-refractivity contribution in [1.29, 1.82) is 0 Å². The maximum Gasteiger partial charge on any atom is 0.0484 e. The van der Waals surface area contributed by atoms with Gasteiger partial charge in [0.1, 0.15) is 0 Å². The van der Waals surface area contributed by atoms with Crippen LogP contribution in [0.25, 0.3) is 11.1 Å². The number of hydrogen-bond acceptors (Lipinski definition) is 0. The molecule has 0 aliphatic rings. The lowest BCUT2D eigenvalue weighted by molar-refractivity contribution is 0.590. The van der Waals surface area contributed by atoms with Gasteiger partial charge in [0.25, 0.3) is 0 Å². The molecule has 0 spiro atoms. The van der Waals surface area contributed by atoms with Gasteiger partial charge in [-0.05, 0) is 65.6 Å². The largest absolute Gasteiger partial charge is 0.0837 e. The Balaban J connectivity index is 2.59. The van der Waals surface area contributed by atoms with E-state index in [0.717, 1.165) is 17.0 Å². The minimum absolute atomic E-state index is 0.129. The molecule has 0 N–H and O–H groups in total. The third-order valence-corrected chi connectivity index (χ3v) is 4.65. The number of rotatable bonds is 3. The molecule has 0 saturated heterocycles. The fourth-order valence-corrected chi connectivity index (χ4v) is 3.12. The van der Waals surface area contributed by atoms with Crippen LogP contribution < -0.4 is 0 Å². The number of halogens is 1. The van der Waals surface area contributed by atoms with Gasteiger partial charge in [0, 0.05) is 10.6 Å². The van der Waals surface area contributed by atoms with E-state index in [2.05, 4.69) is 65.8 Å². The minimum atomic E-state index is 0.129. The first-order valence-corrected chi connectivity index (χ1v) is 8.52. The molecule has 0 aromatic heterocycles. The van der Waals surface area contributed by atoms with Crippen LogP contribution >= 0.6 is 11.6 Å². The Bertz CT molecular complexity index is 675. The normalized spacial score (nSPS) is 11.8. The number of aryl methyl sites for hydroxylation is 3. The standard InChI is InChI=1S/C21H27Cl/c1-7-8-16-11-15(3)18(12-14(16)2)19-13-17(21(4,5)6)9-10-20(19)22/h9-13H,7-8H2,1-6H3. The molecule has 118 valence electrons. The molecular formula is C21H27Cl. The molecule has 0 amide bonds. The first-order chi connectivity index (χ1) is 10.2. The van der Waals surface area contributed by atoms with E-state index in [0.29, 0.717) is 0 Å². The van der Waals surface area contributed by atoms with E-state index < -0.39 is 0 Å². The van der Waals surface area contributed by atoms with Crippen molar-refractivity contribution < 1.29 is 0 Å². The topological polar surface area (TPSA) is 0 Å². The summed E-state index contributed by atoms with van der Waals surface area (Å²) in [7, 11) is 0. The summed E-state index contributed by atoms with van der Waals surface area (Å²) in [5.74, 6) is 0. The lowest BCUT2D eigenvalue weighted by Crippen LogP contribution is -2.11. The van der Waals surface area contributed by atoms with E-state index in [4.69, 9.17) is 11.6 Å². The van der Waals surface area contributed by atoms with Crippen molar-refractivity contribution >= 4 is 11.6 Å². The average molecular weight is 315 g/mol. The van der Waals surface area contributed by atoms with Crippen molar-refractivity contribution in [3.05, 3.63) is 57.6 Å². The van der Waals surface area contributed by atoms with E-state index in [1.165, 1.54) is 34.2 Å². The van der Waals surface area contributed by atoms with Crippen LogP contribution in [0.3, 0.4) is 0 Å². The summed E-state index contributed by atoms with van der Waals surface area (Å²) >= 11 is 6.51. The summed E-state index contributed by atoms with van der Waals surface area (Å²) in [4.78, 5) is 0. The summed E-state index contributed by atoms with van der Waals surface area (Å²) < 4.78 is 0. The van der Waals surface area contributed by atoms with Gasteiger partial charge in [-0.15, -0.1) is 0 Å². The SMILES string of the molecule is CCCc1cc(C)c(-c2cc(C(C)(C)C)ccc2Cl)cc1C. The quantitative estimate of drug-likeness (QED) is 0.579. The van der Waals surface area contributed by atoms with E-state index in [9.17, 15) is 0 Å². The van der Waals surface area contributed by atoms with Gasteiger partial charge in [-0.3, -0.25) is 0 Å². The minimum Gasteiger partial charge on any atom is -0.0837 e. The first kappa shape index (κ1) is 17.1. The van der Waals surface area contributed by atoms with Gasteiger partial charge in [0.15, 0.2) is 0 Å². The highest BCUT2D eigenvalue weighted by Crippen LogP contribution is 2.35. The second-order valence-electron chi connectivity index (χ2n) is 7.29. The fraction of sp³-hybridized carbons (Fsp3) is 0.429. The van der Waals surface area contributed by atoms with Crippen LogP contribution in [0.15, 0.2) is 30.3 Å². The van der Waals surface area contributed by atoms with Crippen molar-refractivity contribution in [1.82, 2.24) is 0 Å². The predicted octanol–water partition coefficient (Wildman–Crippen LogP) is 6.87. The predicted molar refractivity (Wildman–Crippen MR) is 99.1 cm³/mol. The maximum absolute atomic E-state index is 6.51. The number of hydrogen-bond donors (Lipinski definition) is 0. The second kappa shape index (κ2) is 6.46. The summed E-state index contributed by atoms with van der Waals surface area (Å²) in [6, 6.07) is 11.1. The summed E-state index contributed by atoms with van der Waals surface area (Å²) in [6.07, 6.45) is 2.32. The lowest BCUT2D eigenvalue weighted by Gasteiger charge is -2.21. The van der Waals surface area contributed by atoms with Crippen molar-refractivity contribution in [2.24, 2.45) is 0 Å². The second-order valence-corrected chi connectivity index (χ2v) is 7.70. The van der Waals surface area contributed by atoms with E-state index >= 15 is 0 Å².